The molecule has 0 radical (unpaired) electrons. The molecule has 3 aromatic carbocycles. The topological polar surface area (TPSA) is 39.1 Å². The van der Waals surface area contributed by atoms with Crippen molar-refractivity contribution in [3.63, 3.8) is 0 Å². The summed E-state index contributed by atoms with van der Waals surface area (Å²) in [6.45, 7) is 3.55. The summed E-state index contributed by atoms with van der Waals surface area (Å²) < 4.78 is 0.926. The van der Waals surface area contributed by atoms with Crippen molar-refractivity contribution >= 4 is 22.1 Å². The Morgan fingerprint density at radius 2 is 1.41 bits per heavy atom. The molecule has 4 nitrogen and oxygen atoms in total. The molecule has 4 rings (SSSR count). The van der Waals surface area contributed by atoms with Gasteiger partial charge in [-0.25, -0.2) is 0 Å². The number of phenolic OH excluding ortho intramolecular Hbond substituents is 1. The molecule has 1 fully saturated rings. The number of piperazine rings is 1. The Morgan fingerprint density at radius 3 is 2.00 bits per heavy atom. The Kier molecular flexibility index (Phi) is 6.27. The average Bonchev–Trinajstić information content (AvgIpc) is 2.77. The Morgan fingerprint density at radius 1 is 0.828 bits per heavy atom. The number of hydrazone groups is 1. The molecule has 1 N–H and O–H groups in total. The Bertz CT molecular complexity index is 915. The number of benzene rings is 3. The summed E-state index contributed by atoms with van der Waals surface area (Å²) >= 11 is 3.44. The first-order valence-corrected chi connectivity index (χ1v) is 10.6. The highest BCUT2D eigenvalue weighted by atomic mass is 79.9. The molecule has 0 bridgehead atoms. The van der Waals surface area contributed by atoms with E-state index in [1.165, 1.54) is 11.1 Å². The molecule has 0 spiro atoms. The summed E-state index contributed by atoms with van der Waals surface area (Å²) in [4.78, 5) is 2.52. The molecule has 29 heavy (non-hydrogen) atoms. The molecule has 0 saturated carbocycles. The minimum atomic E-state index is 0.240. The monoisotopic (exact) mass is 449 g/mol. The van der Waals surface area contributed by atoms with Crippen LogP contribution in [0.4, 0.5) is 0 Å². The van der Waals surface area contributed by atoms with Gasteiger partial charge in [0.25, 0.3) is 0 Å². The fourth-order valence-electron chi connectivity index (χ4n) is 3.74. The average molecular weight is 450 g/mol. The van der Waals surface area contributed by atoms with Gasteiger partial charge in [0.1, 0.15) is 5.75 Å². The third-order valence-electron chi connectivity index (χ3n) is 5.24. The van der Waals surface area contributed by atoms with Gasteiger partial charge in [-0.2, -0.15) is 5.10 Å². The predicted octanol–water partition coefficient (Wildman–Crippen LogP) is 4.90. The maximum Gasteiger partial charge on any atom is 0.124 e. The SMILES string of the molecule is Oc1ccc(Br)cc1C=NN1CCN(C(c2ccccc2)c2ccccc2)CC1. The second-order valence-electron chi connectivity index (χ2n) is 7.16. The number of halogens is 1. The van der Waals surface area contributed by atoms with Gasteiger partial charge in [0.2, 0.25) is 0 Å². The number of nitrogens with zero attached hydrogens (tertiary/aromatic N) is 3. The van der Waals surface area contributed by atoms with Gasteiger partial charge in [-0.15, -0.1) is 0 Å². The summed E-state index contributed by atoms with van der Waals surface area (Å²) in [7, 11) is 0. The van der Waals surface area contributed by atoms with Crippen LogP contribution in [0.3, 0.4) is 0 Å². The normalized spacial score (nSPS) is 15.3. The van der Waals surface area contributed by atoms with Crippen LogP contribution >= 0.6 is 15.9 Å². The highest BCUT2D eigenvalue weighted by Crippen LogP contribution is 2.29. The minimum Gasteiger partial charge on any atom is -0.507 e. The Balaban J connectivity index is 1.47. The second kappa shape index (κ2) is 9.25. The van der Waals surface area contributed by atoms with Crippen LogP contribution in [0.5, 0.6) is 5.75 Å². The minimum absolute atomic E-state index is 0.240. The molecule has 3 aromatic rings. The van der Waals surface area contributed by atoms with Crippen molar-refractivity contribution in [2.24, 2.45) is 5.10 Å². The zero-order valence-electron chi connectivity index (χ0n) is 16.2. The number of rotatable bonds is 5. The van der Waals surface area contributed by atoms with Gasteiger partial charge < -0.3 is 5.11 Å². The first kappa shape index (κ1) is 19.7. The third-order valence-corrected chi connectivity index (χ3v) is 5.73. The van der Waals surface area contributed by atoms with Crippen LogP contribution in [0.15, 0.2) is 88.4 Å². The van der Waals surface area contributed by atoms with Crippen LogP contribution < -0.4 is 0 Å². The van der Waals surface area contributed by atoms with E-state index >= 15 is 0 Å². The molecule has 1 aliphatic rings. The zero-order valence-corrected chi connectivity index (χ0v) is 17.7. The lowest BCUT2D eigenvalue weighted by atomic mass is 9.96. The van der Waals surface area contributed by atoms with E-state index in [2.05, 4.69) is 91.6 Å². The molecule has 5 heteroatoms. The van der Waals surface area contributed by atoms with Crippen molar-refractivity contribution in [2.45, 2.75) is 6.04 Å². The van der Waals surface area contributed by atoms with E-state index in [0.29, 0.717) is 5.56 Å². The molecule has 0 aromatic heterocycles. The number of hydrogen-bond acceptors (Lipinski definition) is 4. The third kappa shape index (κ3) is 4.86. The summed E-state index contributed by atoms with van der Waals surface area (Å²) in [5.41, 5.74) is 3.35. The molecule has 0 amide bonds. The van der Waals surface area contributed by atoms with E-state index in [-0.39, 0.29) is 11.8 Å². The van der Waals surface area contributed by atoms with Crippen molar-refractivity contribution in [1.29, 1.82) is 0 Å². The molecule has 0 aliphatic carbocycles. The van der Waals surface area contributed by atoms with Crippen molar-refractivity contribution in [3.05, 3.63) is 100 Å². The first-order valence-electron chi connectivity index (χ1n) is 9.82. The smallest absolute Gasteiger partial charge is 0.124 e. The summed E-state index contributed by atoms with van der Waals surface area (Å²) in [6.07, 6.45) is 1.74. The largest absolute Gasteiger partial charge is 0.507 e. The van der Waals surface area contributed by atoms with E-state index in [1.807, 2.05) is 12.1 Å². The van der Waals surface area contributed by atoms with Crippen LogP contribution in [0.1, 0.15) is 22.7 Å². The fraction of sp³-hybridized carbons (Fsp3) is 0.208. The lowest BCUT2D eigenvalue weighted by molar-refractivity contribution is 0.113. The van der Waals surface area contributed by atoms with Gasteiger partial charge in [-0.1, -0.05) is 76.6 Å². The maximum atomic E-state index is 9.99. The fourth-order valence-corrected chi connectivity index (χ4v) is 4.12. The summed E-state index contributed by atoms with van der Waals surface area (Å²) in [5.74, 6) is 0.240. The Hall–Kier alpha value is -2.63. The van der Waals surface area contributed by atoms with Crippen LogP contribution in [0, 0.1) is 0 Å². The van der Waals surface area contributed by atoms with Crippen molar-refractivity contribution in [3.8, 4) is 5.75 Å². The lowest BCUT2D eigenvalue weighted by Crippen LogP contribution is -2.45. The second-order valence-corrected chi connectivity index (χ2v) is 8.08. The highest BCUT2D eigenvalue weighted by molar-refractivity contribution is 9.10. The quantitative estimate of drug-likeness (QED) is 0.563. The molecule has 0 atom stereocenters. The van der Waals surface area contributed by atoms with E-state index in [0.717, 1.165) is 30.7 Å². The lowest BCUT2D eigenvalue weighted by Gasteiger charge is -2.38. The van der Waals surface area contributed by atoms with Crippen LogP contribution in [-0.4, -0.2) is 47.4 Å². The molecule has 0 unspecified atom stereocenters. The van der Waals surface area contributed by atoms with Crippen molar-refractivity contribution in [1.82, 2.24) is 9.91 Å². The molecular weight excluding hydrogens is 426 g/mol. The molecule has 1 aliphatic heterocycles. The maximum absolute atomic E-state index is 9.99. The van der Waals surface area contributed by atoms with E-state index in [9.17, 15) is 5.11 Å². The van der Waals surface area contributed by atoms with Crippen molar-refractivity contribution < 1.29 is 5.11 Å². The summed E-state index contributed by atoms with van der Waals surface area (Å²) in [5, 5.41) is 16.7. The standard InChI is InChI=1S/C24H24BrN3O/c25-22-11-12-23(29)21(17-22)18-26-28-15-13-27(14-16-28)24(19-7-3-1-4-8-19)20-9-5-2-6-10-20/h1-12,17-18,24,29H,13-16H2. The van der Waals surface area contributed by atoms with Crippen molar-refractivity contribution in [2.75, 3.05) is 26.2 Å². The van der Waals surface area contributed by atoms with Gasteiger partial charge in [-0.05, 0) is 29.3 Å². The predicted molar refractivity (Wildman–Crippen MR) is 121 cm³/mol. The van der Waals surface area contributed by atoms with Gasteiger partial charge in [0.05, 0.1) is 12.3 Å². The van der Waals surface area contributed by atoms with E-state index in [1.54, 1.807) is 12.3 Å². The van der Waals surface area contributed by atoms with Crippen LogP contribution in [0.2, 0.25) is 0 Å². The summed E-state index contributed by atoms with van der Waals surface area (Å²) in [6, 6.07) is 27.0. The van der Waals surface area contributed by atoms with E-state index < -0.39 is 0 Å². The van der Waals surface area contributed by atoms with E-state index in [4.69, 9.17) is 0 Å². The zero-order chi connectivity index (χ0) is 20.1. The molecule has 1 saturated heterocycles. The van der Waals surface area contributed by atoms with Crippen LogP contribution in [-0.2, 0) is 0 Å². The number of aromatic hydroxyl groups is 1. The highest BCUT2D eigenvalue weighted by Gasteiger charge is 2.25. The number of phenols is 1. The van der Waals surface area contributed by atoms with Crippen LogP contribution in [0.25, 0.3) is 0 Å². The first-order chi connectivity index (χ1) is 14.2. The van der Waals surface area contributed by atoms with Gasteiger partial charge in [0.15, 0.2) is 0 Å². The van der Waals surface area contributed by atoms with Gasteiger partial charge in [-0.3, -0.25) is 9.91 Å². The van der Waals surface area contributed by atoms with Gasteiger partial charge in [0, 0.05) is 36.2 Å². The van der Waals surface area contributed by atoms with Gasteiger partial charge >= 0.3 is 0 Å². The molecule has 148 valence electrons. The molecule has 1 heterocycles. The Labute approximate surface area is 180 Å². The number of hydrogen-bond donors (Lipinski definition) is 1. The molecular formula is C24H24BrN3O.